The molecule has 4 heteroatoms. The quantitative estimate of drug-likeness (QED) is 0.867. The van der Waals surface area contributed by atoms with Crippen molar-refractivity contribution in [2.75, 3.05) is 0 Å². The van der Waals surface area contributed by atoms with Crippen LogP contribution in [0.25, 0.3) is 5.13 Å². The molecule has 0 saturated carbocycles. The van der Waals surface area contributed by atoms with Crippen LogP contribution in [0.2, 0.25) is 0 Å². The van der Waals surface area contributed by atoms with Crippen LogP contribution >= 0.6 is 11.3 Å². The Morgan fingerprint density at radius 1 is 1.21 bits per heavy atom. The van der Waals surface area contributed by atoms with Crippen molar-refractivity contribution in [3.05, 3.63) is 34.1 Å². The van der Waals surface area contributed by atoms with Gasteiger partial charge in [0.1, 0.15) is 0 Å². The number of fused-ring (bicyclic) bond motifs is 2. The zero-order valence-electron chi connectivity index (χ0n) is 10.9. The molecule has 19 heavy (non-hydrogen) atoms. The van der Waals surface area contributed by atoms with E-state index in [1.165, 1.54) is 35.5 Å². The normalized spacial score (nSPS) is 22.1. The third-order valence-electron chi connectivity index (χ3n) is 4.32. The van der Waals surface area contributed by atoms with E-state index in [0.717, 1.165) is 36.4 Å². The fourth-order valence-corrected chi connectivity index (χ4v) is 4.44. The monoisotopic (exact) mass is 274 g/mol. The number of rotatable bonds is 1. The van der Waals surface area contributed by atoms with E-state index >= 15 is 0 Å². The fourth-order valence-electron chi connectivity index (χ4n) is 3.29. The summed E-state index contributed by atoms with van der Waals surface area (Å²) in [5.41, 5.74) is 3.69. The third kappa shape index (κ3) is 1.85. The average Bonchev–Trinajstić information content (AvgIpc) is 3.02. The molecule has 0 radical (unpaired) electrons. The van der Waals surface area contributed by atoms with Crippen molar-refractivity contribution in [3.63, 3.8) is 0 Å². The molecule has 2 aliphatic carbocycles. The lowest BCUT2D eigenvalue weighted by Crippen LogP contribution is -2.10. The Hall–Kier alpha value is -1.13. The number of aliphatic hydroxyl groups is 1. The lowest BCUT2D eigenvalue weighted by atomic mass is 9.95. The van der Waals surface area contributed by atoms with E-state index in [4.69, 9.17) is 4.98 Å². The maximum absolute atomic E-state index is 10.1. The predicted molar refractivity (Wildman–Crippen MR) is 76.0 cm³/mol. The largest absolute Gasteiger partial charge is 0.388 e. The number of hydrogen-bond acceptors (Lipinski definition) is 3. The highest BCUT2D eigenvalue weighted by Crippen LogP contribution is 2.34. The molecule has 0 fully saturated rings. The van der Waals surface area contributed by atoms with Crippen LogP contribution in [0.4, 0.5) is 0 Å². The minimum atomic E-state index is -0.278. The van der Waals surface area contributed by atoms with Crippen LogP contribution in [0.1, 0.15) is 53.6 Å². The number of nitrogens with zero attached hydrogens (tertiary/aromatic N) is 2. The molecule has 0 bridgehead atoms. The summed E-state index contributed by atoms with van der Waals surface area (Å²) in [7, 11) is 0. The molecule has 2 aromatic heterocycles. The van der Waals surface area contributed by atoms with Crippen LogP contribution in [0.5, 0.6) is 0 Å². The second-order valence-corrected chi connectivity index (χ2v) is 6.63. The molecule has 2 aliphatic rings. The Kier molecular flexibility index (Phi) is 2.74. The zero-order chi connectivity index (χ0) is 12.8. The Morgan fingerprint density at radius 3 is 3.00 bits per heavy atom. The lowest BCUT2D eigenvalue weighted by molar-refractivity contribution is 0.156. The minimum absolute atomic E-state index is 0.278. The number of aliphatic hydroxyl groups excluding tert-OH is 1. The van der Waals surface area contributed by atoms with Gasteiger partial charge in [0.15, 0.2) is 5.13 Å². The van der Waals surface area contributed by atoms with Gasteiger partial charge in [0.2, 0.25) is 0 Å². The minimum Gasteiger partial charge on any atom is -0.388 e. The van der Waals surface area contributed by atoms with Crippen molar-refractivity contribution >= 4 is 11.3 Å². The van der Waals surface area contributed by atoms with Gasteiger partial charge in [-0.2, -0.15) is 0 Å². The van der Waals surface area contributed by atoms with Crippen molar-refractivity contribution < 1.29 is 5.11 Å². The van der Waals surface area contributed by atoms with Crippen LogP contribution in [-0.4, -0.2) is 14.7 Å². The van der Waals surface area contributed by atoms with Crippen LogP contribution < -0.4 is 0 Å². The first kappa shape index (κ1) is 11.7. The predicted octanol–water partition coefficient (Wildman–Crippen LogP) is 3.18. The summed E-state index contributed by atoms with van der Waals surface area (Å²) in [4.78, 5) is 6.30. The molecule has 4 rings (SSSR count). The van der Waals surface area contributed by atoms with E-state index in [1.54, 1.807) is 0 Å². The topological polar surface area (TPSA) is 38.0 Å². The molecule has 0 spiro atoms. The van der Waals surface area contributed by atoms with Gasteiger partial charge in [-0.25, -0.2) is 4.98 Å². The summed E-state index contributed by atoms with van der Waals surface area (Å²) in [5, 5.41) is 11.2. The van der Waals surface area contributed by atoms with Gasteiger partial charge in [-0.15, -0.1) is 11.3 Å². The van der Waals surface area contributed by atoms with E-state index in [1.807, 2.05) is 11.3 Å². The van der Waals surface area contributed by atoms with E-state index < -0.39 is 0 Å². The van der Waals surface area contributed by atoms with Crippen molar-refractivity contribution in [1.29, 1.82) is 0 Å². The first-order valence-electron chi connectivity index (χ1n) is 7.20. The highest BCUT2D eigenvalue weighted by atomic mass is 32.1. The highest BCUT2D eigenvalue weighted by Gasteiger charge is 2.23. The molecule has 100 valence electrons. The van der Waals surface area contributed by atoms with Gasteiger partial charge in [-0.1, -0.05) is 0 Å². The van der Waals surface area contributed by atoms with Gasteiger partial charge in [0, 0.05) is 22.3 Å². The Balaban J connectivity index is 1.78. The number of hydrogen-bond donors (Lipinski definition) is 1. The van der Waals surface area contributed by atoms with E-state index in [0.29, 0.717) is 0 Å². The molecule has 1 N–H and O–H groups in total. The van der Waals surface area contributed by atoms with E-state index in [2.05, 4.69) is 16.8 Å². The number of thiazole rings is 1. The number of aromatic nitrogens is 2. The fraction of sp³-hybridized carbons (Fsp3) is 0.533. The molecule has 3 nitrogen and oxygen atoms in total. The van der Waals surface area contributed by atoms with Gasteiger partial charge in [-0.3, -0.25) is 4.57 Å². The average molecular weight is 274 g/mol. The third-order valence-corrected chi connectivity index (χ3v) is 5.47. The summed E-state index contributed by atoms with van der Waals surface area (Å²) in [6.07, 6.45) is 9.74. The second-order valence-electron chi connectivity index (χ2n) is 5.57. The van der Waals surface area contributed by atoms with E-state index in [9.17, 15) is 5.11 Å². The van der Waals surface area contributed by atoms with E-state index in [-0.39, 0.29) is 6.10 Å². The molecule has 0 aromatic carbocycles. The van der Waals surface area contributed by atoms with Crippen molar-refractivity contribution in [2.45, 2.75) is 51.0 Å². The van der Waals surface area contributed by atoms with Crippen molar-refractivity contribution in [1.82, 2.24) is 9.55 Å². The molecule has 1 unspecified atom stereocenters. The van der Waals surface area contributed by atoms with Gasteiger partial charge >= 0.3 is 0 Å². The van der Waals surface area contributed by atoms with Gasteiger partial charge in [0.05, 0.1) is 11.8 Å². The Morgan fingerprint density at radius 2 is 2.11 bits per heavy atom. The molecular weight excluding hydrogens is 256 g/mol. The van der Waals surface area contributed by atoms with Crippen LogP contribution in [0.15, 0.2) is 12.3 Å². The lowest BCUT2D eigenvalue weighted by Gasteiger charge is -2.19. The summed E-state index contributed by atoms with van der Waals surface area (Å²) >= 11 is 1.84. The molecular formula is C15H18N2OS. The van der Waals surface area contributed by atoms with Crippen LogP contribution in [0, 0.1) is 0 Å². The molecule has 0 saturated heterocycles. The number of aryl methyl sites for hydroxylation is 2. The van der Waals surface area contributed by atoms with Crippen molar-refractivity contribution in [3.8, 4) is 5.13 Å². The highest BCUT2D eigenvalue weighted by molar-refractivity contribution is 7.14. The summed E-state index contributed by atoms with van der Waals surface area (Å²) in [6.45, 7) is 0. The van der Waals surface area contributed by atoms with Crippen LogP contribution in [-0.2, 0) is 19.3 Å². The maximum atomic E-state index is 10.1. The first-order valence-corrected chi connectivity index (χ1v) is 8.02. The Labute approximate surface area is 116 Å². The zero-order valence-corrected chi connectivity index (χ0v) is 11.7. The molecule has 1 atom stereocenters. The molecule has 2 heterocycles. The first-order chi connectivity index (χ1) is 9.33. The maximum Gasteiger partial charge on any atom is 0.194 e. The van der Waals surface area contributed by atoms with Crippen LogP contribution in [0.3, 0.4) is 0 Å². The van der Waals surface area contributed by atoms with Crippen molar-refractivity contribution in [2.24, 2.45) is 0 Å². The second kappa shape index (κ2) is 4.46. The smallest absolute Gasteiger partial charge is 0.194 e. The summed E-state index contributed by atoms with van der Waals surface area (Å²) in [6, 6.07) is 2.07. The van der Waals surface area contributed by atoms with Gasteiger partial charge < -0.3 is 5.11 Å². The summed E-state index contributed by atoms with van der Waals surface area (Å²) < 4.78 is 2.21. The standard InChI is InChI=1S/C15H18N2OS/c18-13-6-3-5-12-10(13)8-9-17(12)15-16-11-4-1-2-7-14(11)19-15/h8-9,13,18H,1-7H2. The molecule has 0 amide bonds. The molecule has 0 aliphatic heterocycles. The van der Waals surface area contributed by atoms with Gasteiger partial charge in [-0.05, 0) is 51.0 Å². The van der Waals surface area contributed by atoms with Gasteiger partial charge in [0.25, 0.3) is 0 Å². The summed E-state index contributed by atoms with van der Waals surface area (Å²) in [5.74, 6) is 0. The SMILES string of the molecule is OC1CCCc2c1ccn2-c1nc2c(s1)CCCC2. The molecule has 2 aromatic rings. The Bertz CT molecular complexity index is 590.